The third-order valence-electron chi connectivity index (χ3n) is 2.69. The molecular weight excluding hydrogens is 230 g/mol. The first-order chi connectivity index (χ1) is 8.76. The second kappa shape index (κ2) is 8.24. The van der Waals surface area contributed by atoms with E-state index in [9.17, 15) is 0 Å². The average Bonchev–Trinajstić information content (AvgIpc) is 2.84. The summed E-state index contributed by atoms with van der Waals surface area (Å²) in [5, 5.41) is 7.71. The summed E-state index contributed by atoms with van der Waals surface area (Å²) in [4.78, 5) is 0. The molecule has 1 rings (SSSR count). The van der Waals surface area contributed by atoms with Crippen LogP contribution in [0.5, 0.6) is 0 Å². The van der Waals surface area contributed by atoms with Gasteiger partial charge in [-0.1, -0.05) is 6.92 Å². The summed E-state index contributed by atoms with van der Waals surface area (Å²) in [6, 6.07) is 0.0233. The zero-order valence-electron chi connectivity index (χ0n) is 11.8. The van der Waals surface area contributed by atoms with Crippen LogP contribution in [-0.2, 0) is 16.0 Å². The van der Waals surface area contributed by atoms with E-state index in [2.05, 4.69) is 24.3 Å². The number of rotatable bonds is 9. The summed E-state index contributed by atoms with van der Waals surface area (Å²) in [5.41, 5.74) is 1.10. The molecule has 0 fully saturated rings. The smallest absolute Gasteiger partial charge is 0.176 e. The van der Waals surface area contributed by atoms with Gasteiger partial charge < -0.3 is 14.8 Å². The lowest BCUT2D eigenvalue weighted by Crippen LogP contribution is -2.35. The lowest BCUT2D eigenvalue weighted by molar-refractivity contribution is -0.155. The van der Waals surface area contributed by atoms with Crippen molar-refractivity contribution in [1.29, 1.82) is 0 Å². The first-order valence-electron chi connectivity index (χ1n) is 6.75. The van der Waals surface area contributed by atoms with Gasteiger partial charge in [-0.2, -0.15) is 5.10 Å². The standard InChI is InChI=1S/C13H25N3O2/c1-5-14-12(13(17-7-3)18-8-4)11-9-15-16(6-2)10-11/h9-10,12-14H,5-8H2,1-4H3. The molecule has 0 amide bonds. The third kappa shape index (κ3) is 4.08. The fourth-order valence-electron chi connectivity index (χ4n) is 1.87. The molecule has 1 atom stereocenters. The van der Waals surface area contributed by atoms with Crippen molar-refractivity contribution >= 4 is 0 Å². The SMILES string of the molecule is CCNC(c1cnn(CC)c1)C(OCC)OCC. The predicted octanol–water partition coefficient (Wildman–Crippen LogP) is 1.95. The van der Waals surface area contributed by atoms with E-state index < -0.39 is 0 Å². The Labute approximate surface area is 109 Å². The molecule has 0 aliphatic carbocycles. The molecule has 1 unspecified atom stereocenters. The molecule has 104 valence electrons. The minimum absolute atomic E-state index is 0.0233. The van der Waals surface area contributed by atoms with Crippen LogP contribution in [0.25, 0.3) is 0 Å². The van der Waals surface area contributed by atoms with Crippen LogP contribution < -0.4 is 5.32 Å². The second-order valence-electron chi connectivity index (χ2n) is 3.94. The van der Waals surface area contributed by atoms with Crippen molar-refractivity contribution in [2.75, 3.05) is 19.8 Å². The minimum Gasteiger partial charge on any atom is -0.351 e. The molecule has 0 aliphatic heterocycles. The highest BCUT2D eigenvalue weighted by Crippen LogP contribution is 2.20. The van der Waals surface area contributed by atoms with Gasteiger partial charge in [0.2, 0.25) is 0 Å². The van der Waals surface area contributed by atoms with Crippen LogP contribution >= 0.6 is 0 Å². The second-order valence-corrected chi connectivity index (χ2v) is 3.94. The summed E-state index contributed by atoms with van der Waals surface area (Å²) in [5.74, 6) is 0. The fraction of sp³-hybridized carbons (Fsp3) is 0.769. The van der Waals surface area contributed by atoms with E-state index in [-0.39, 0.29) is 12.3 Å². The first kappa shape index (κ1) is 15.1. The summed E-state index contributed by atoms with van der Waals surface area (Å²) in [7, 11) is 0. The van der Waals surface area contributed by atoms with Gasteiger partial charge in [0, 0.05) is 31.5 Å². The molecule has 5 heteroatoms. The molecule has 0 saturated heterocycles. The van der Waals surface area contributed by atoms with Gasteiger partial charge in [0.25, 0.3) is 0 Å². The molecule has 0 aromatic carbocycles. The Morgan fingerprint density at radius 1 is 1.22 bits per heavy atom. The van der Waals surface area contributed by atoms with E-state index in [1.54, 1.807) is 0 Å². The number of nitrogens with zero attached hydrogens (tertiary/aromatic N) is 2. The van der Waals surface area contributed by atoms with Crippen molar-refractivity contribution in [2.24, 2.45) is 0 Å². The summed E-state index contributed by atoms with van der Waals surface area (Å²) in [6.45, 7) is 11.1. The van der Waals surface area contributed by atoms with Crippen LogP contribution in [0.1, 0.15) is 39.3 Å². The predicted molar refractivity (Wildman–Crippen MR) is 71.4 cm³/mol. The molecule has 1 aromatic heterocycles. The molecule has 18 heavy (non-hydrogen) atoms. The van der Waals surface area contributed by atoms with E-state index >= 15 is 0 Å². The number of hydrogen-bond donors (Lipinski definition) is 1. The van der Waals surface area contributed by atoms with E-state index in [4.69, 9.17) is 9.47 Å². The Morgan fingerprint density at radius 3 is 2.33 bits per heavy atom. The topological polar surface area (TPSA) is 48.3 Å². The molecule has 0 saturated carbocycles. The van der Waals surface area contributed by atoms with Gasteiger partial charge in [0.15, 0.2) is 6.29 Å². The maximum atomic E-state index is 5.67. The van der Waals surface area contributed by atoms with Crippen molar-refractivity contribution < 1.29 is 9.47 Å². The normalized spacial score (nSPS) is 13.2. The van der Waals surface area contributed by atoms with Gasteiger partial charge in [-0.3, -0.25) is 4.68 Å². The molecule has 1 N–H and O–H groups in total. The number of nitrogens with one attached hydrogen (secondary N) is 1. The highest BCUT2D eigenvalue weighted by atomic mass is 16.7. The average molecular weight is 255 g/mol. The van der Waals surface area contributed by atoms with Crippen LogP contribution in [-0.4, -0.2) is 35.8 Å². The summed E-state index contributed by atoms with van der Waals surface area (Å²) in [6.07, 6.45) is 3.65. The van der Waals surface area contributed by atoms with Gasteiger partial charge >= 0.3 is 0 Å². The van der Waals surface area contributed by atoms with Crippen molar-refractivity contribution in [2.45, 2.75) is 46.6 Å². The van der Waals surface area contributed by atoms with E-state index in [1.807, 2.05) is 30.9 Å². The summed E-state index contributed by atoms with van der Waals surface area (Å²) >= 11 is 0. The Morgan fingerprint density at radius 2 is 1.89 bits per heavy atom. The van der Waals surface area contributed by atoms with Crippen molar-refractivity contribution in [3.05, 3.63) is 18.0 Å². The minimum atomic E-state index is -0.269. The quantitative estimate of drug-likeness (QED) is 0.685. The van der Waals surface area contributed by atoms with Gasteiger partial charge in [-0.15, -0.1) is 0 Å². The lowest BCUT2D eigenvalue weighted by Gasteiger charge is -2.26. The van der Waals surface area contributed by atoms with Crippen molar-refractivity contribution in [3.63, 3.8) is 0 Å². The molecule has 0 radical (unpaired) electrons. The van der Waals surface area contributed by atoms with Crippen LogP contribution in [0.15, 0.2) is 12.4 Å². The maximum Gasteiger partial charge on any atom is 0.176 e. The molecule has 0 bridgehead atoms. The highest BCUT2D eigenvalue weighted by molar-refractivity contribution is 5.11. The zero-order chi connectivity index (χ0) is 13.4. The Balaban J connectivity index is 2.83. The van der Waals surface area contributed by atoms with Crippen LogP contribution in [0.3, 0.4) is 0 Å². The van der Waals surface area contributed by atoms with E-state index in [0.717, 1.165) is 18.7 Å². The maximum absolute atomic E-state index is 5.67. The summed E-state index contributed by atoms with van der Waals surface area (Å²) < 4.78 is 13.3. The largest absolute Gasteiger partial charge is 0.351 e. The van der Waals surface area contributed by atoms with Crippen molar-refractivity contribution in [3.8, 4) is 0 Å². The zero-order valence-corrected chi connectivity index (χ0v) is 11.8. The number of aryl methyl sites for hydroxylation is 1. The number of aromatic nitrogens is 2. The molecule has 1 aromatic rings. The fourth-order valence-corrected chi connectivity index (χ4v) is 1.87. The van der Waals surface area contributed by atoms with Gasteiger partial charge in [-0.25, -0.2) is 0 Å². The molecule has 5 nitrogen and oxygen atoms in total. The third-order valence-corrected chi connectivity index (χ3v) is 2.69. The molecular formula is C13H25N3O2. The monoisotopic (exact) mass is 255 g/mol. The van der Waals surface area contributed by atoms with E-state index in [0.29, 0.717) is 13.2 Å². The van der Waals surface area contributed by atoms with Gasteiger partial charge in [0.05, 0.1) is 12.2 Å². The van der Waals surface area contributed by atoms with Crippen LogP contribution in [0, 0.1) is 0 Å². The number of likely N-dealkylation sites (N-methyl/N-ethyl adjacent to an activating group) is 1. The molecule has 0 spiro atoms. The van der Waals surface area contributed by atoms with E-state index in [1.165, 1.54) is 0 Å². The molecule has 1 heterocycles. The lowest BCUT2D eigenvalue weighted by atomic mass is 10.1. The Bertz CT molecular complexity index is 322. The van der Waals surface area contributed by atoms with Crippen LogP contribution in [0.2, 0.25) is 0 Å². The first-order valence-corrected chi connectivity index (χ1v) is 6.75. The molecule has 0 aliphatic rings. The highest BCUT2D eigenvalue weighted by Gasteiger charge is 2.24. The Hall–Kier alpha value is -0.910. The van der Waals surface area contributed by atoms with Gasteiger partial charge in [-0.05, 0) is 27.3 Å². The number of ether oxygens (including phenoxy) is 2. The number of hydrogen-bond acceptors (Lipinski definition) is 4. The van der Waals surface area contributed by atoms with Gasteiger partial charge in [0.1, 0.15) is 0 Å². The Kier molecular flexibility index (Phi) is 6.93. The van der Waals surface area contributed by atoms with Crippen LogP contribution in [0.4, 0.5) is 0 Å². The van der Waals surface area contributed by atoms with Crippen molar-refractivity contribution in [1.82, 2.24) is 15.1 Å².